The molecule has 7 nitrogen and oxygen atoms in total. The summed E-state index contributed by atoms with van der Waals surface area (Å²) in [6.45, 7) is 0.341. The molecular formula is C13H17BrN2O5. The quantitative estimate of drug-likeness (QED) is 0.688. The van der Waals surface area contributed by atoms with E-state index in [-0.39, 0.29) is 19.5 Å². The molecular weight excluding hydrogens is 344 g/mol. The molecule has 8 heteroatoms. The predicted molar refractivity (Wildman–Crippen MR) is 79.7 cm³/mol. The Morgan fingerprint density at radius 2 is 1.81 bits per heavy atom. The van der Waals surface area contributed by atoms with Crippen LogP contribution in [0.2, 0.25) is 0 Å². The normalized spacial score (nSPS) is 9.86. The van der Waals surface area contributed by atoms with Crippen LogP contribution in [-0.2, 0) is 11.3 Å². The summed E-state index contributed by atoms with van der Waals surface area (Å²) >= 11 is 3.39. The van der Waals surface area contributed by atoms with Gasteiger partial charge in [0.15, 0.2) is 11.5 Å². The zero-order chi connectivity index (χ0) is 15.8. The van der Waals surface area contributed by atoms with Crippen LogP contribution in [-0.4, -0.2) is 37.9 Å². The second-order valence-electron chi connectivity index (χ2n) is 4.05. The average Bonchev–Trinajstić information content (AvgIpc) is 2.45. The van der Waals surface area contributed by atoms with Gasteiger partial charge in [-0.1, -0.05) is 15.9 Å². The van der Waals surface area contributed by atoms with Gasteiger partial charge in [0, 0.05) is 17.6 Å². The first kappa shape index (κ1) is 17.1. The maximum atomic E-state index is 11.5. The van der Waals surface area contributed by atoms with Gasteiger partial charge in [0.2, 0.25) is 0 Å². The van der Waals surface area contributed by atoms with Crippen LogP contribution >= 0.6 is 15.9 Å². The zero-order valence-corrected chi connectivity index (χ0v) is 13.3. The SMILES string of the molecule is COc1cc(Br)c(CNC(=O)NCCC(=O)O)cc1OC. The summed E-state index contributed by atoms with van der Waals surface area (Å²) in [4.78, 5) is 21.8. The van der Waals surface area contributed by atoms with Gasteiger partial charge >= 0.3 is 12.0 Å². The third kappa shape index (κ3) is 5.50. The predicted octanol–water partition coefficient (Wildman–Crippen LogP) is 1.74. The number of carbonyl (C=O) groups excluding carboxylic acids is 1. The lowest BCUT2D eigenvalue weighted by molar-refractivity contribution is -0.136. The molecule has 0 saturated heterocycles. The molecule has 0 aliphatic rings. The lowest BCUT2D eigenvalue weighted by Crippen LogP contribution is -2.36. The Kier molecular flexibility index (Phi) is 6.80. The molecule has 0 radical (unpaired) electrons. The van der Waals surface area contributed by atoms with E-state index in [1.165, 1.54) is 14.2 Å². The van der Waals surface area contributed by atoms with Crippen LogP contribution < -0.4 is 20.1 Å². The number of ether oxygens (including phenoxy) is 2. The maximum absolute atomic E-state index is 11.5. The summed E-state index contributed by atoms with van der Waals surface area (Å²) in [5.74, 6) is 0.181. The molecule has 0 aromatic heterocycles. The second-order valence-corrected chi connectivity index (χ2v) is 4.91. The van der Waals surface area contributed by atoms with Crippen LogP contribution in [0.4, 0.5) is 4.79 Å². The zero-order valence-electron chi connectivity index (χ0n) is 11.7. The van der Waals surface area contributed by atoms with Crippen molar-refractivity contribution in [2.45, 2.75) is 13.0 Å². The van der Waals surface area contributed by atoms with Gasteiger partial charge in [-0.15, -0.1) is 0 Å². The van der Waals surface area contributed by atoms with E-state index < -0.39 is 12.0 Å². The van der Waals surface area contributed by atoms with Crippen LogP contribution in [0.1, 0.15) is 12.0 Å². The summed E-state index contributed by atoms with van der Waals surface area (Å²) < 4.78 is 11.1. The highest BCUT2D eigenvalue weighted by atomic mass is 79.9. The van der Waals surface area contributed by atoms with E-state index in [0.717, 1.165) is 10.0 Å². The first-order chi connectivity index (χ1) is 9.97. The number of carbonyl (C=O) groups is 2. The Labute approximate surface area is 130 Å². The molecule has 0 spiro atoms. The van der Waals surface area contributed by atoms with E-state index in [9.17, 15) is 9.59 Å². The van der Waals surface area contributed by atoms with Crippen molar-refractivity contribution in [3.8, 4) is 11.5 Å². The minimum atomic E-state index is -0.960. The van der Waals surface area contributed by atoms with Crippen molar-refractivity contribution in [3.63, 3.8) is 0 Å². The Morgan fingerprint density at radius 1 is 1.19 bits per heavy atom. The number of hydrogen-bond acceptors (Lipinski definition) is 4. The third-order valence-electron chi connectivity index (χ3n) is 2.62. The fraction of sp³-hybridized carbons (Fsp3) is 0.385. The molecule has 0 heterocycles. The molecule has 1 aromatic rings. The molecule has 3 N–H and O–H groups in total. The molecule has 0 atom stereocenters. The highest BCUT2D eigenvalue weighted by Gasteiger charge is 2.10. The number of amides is 2. The molecule has 2 amide bonds. The van der Waals surface area contributed by atoms with E-state index in [0.29, 0.717) is 11.5 Å². The van der Waals surface area contributed by atoms with Gasteiger partial charge in [0.1, 0.15) is 0 Å². The van der Waals surface area contributed by atoms with Crippen molar-refractivity contribution in [1.29, 1.82) is 0 Å². The number of rotatable bonds is 7. The number of nitrogens with one attached hydrogen (secondary N) is 2. The smallest absolute Gasteiger partial charge is 0.315 e. The maximum Gasteiger partial charge on any atom is 0.315 e. The van der Waals surface area contributed by atoms with Crippen LogP contribution in [0.25, 0.3) is 0 Å². The monoisotopic (exact) mass is 360 g/mol. The van der Waals surface area contributed by atoms with Gasteiger partial charge in [-0.05, 0) is 17.7 Å². The Morgan fingerprint density at radius 3 is 2.38 bits per heavy atom. The van der Waals surface area contributed by atoms with Crippen LogP contribution in [0.5, 0.6) is 11.5 Å². The molecule has 116 valence electrons. The summed E-state index contributed by atoms with van der Waals surface area (Å²) in [7, 11) is 3.07. The molecule has 1 rings (SSSR count). The van der Waals surface area contributed by atoms with E-state index in [4.69, 9.17) is 14.6 Å². The summed E-state index contributed by atoms with van der Waals surface area (Å²) in [5.41, 5.74) is 0.807. The number of aliphatic carboxylic acids is 1. The van der Waals surface area contributed by atoms with Crippen molar-refractivity contribution in [3.05, 3.63) is 22.2 Å². The van der Waals surface area contributed by atoms with Crippen LogP contribution in [0, 0.1) is 0 Å². The minimum absolute atomic E-state index is 0.0776. The summed E-state index contributed by atoms with van der Waals surface area (Å²) in [5, 5.41) is 13.6. The van der Waals surface area contributed by atoms with Gasteiger partial charge in [-0.25, -0.2) is 4.79 Å². The summed E-state index contributed by atoms with van der Waals surface area (Å²) in [6, 6.07) is 3.07. The minimum Gasteiger partial charge on any atom is -0.493 e. The molecule has 21 heavy (non-hydrogen) atoms. The van der Waals surface area contributed by atoms with E-state index >= 15 is 0 Å². The highest BCUT2D eigenvalue weighted by Crippen LogP contribution is 2.33. The number of carboxylic acid groups (broad SMARTS) is 1. The number of halogens is 1. The van der Waals surface area contributed by atoms with Crippen LogP contribution in [0.3, 0.4) is 0 Å². The van der Waals surface area contributed by atoms with E-state index in [2.05, 4.69) is 26.6 Å². The molecule has 0 saturated carbocycles. The van der Waals surface area contributed by atoms with E-state index in [1.807, 2.05) is 0 Å². The van der Waals surface area contributed by atoms with Crippen molar-refractivity contribution in [2.24, 2.45) is 0 Å². The van der Waals surface area contributed by atoms with Gasteiger partial charge in [-0.3, -0.25) is 4.79 Å². The topological polar surface area (TPSA) is 96.9 Å². The largest absolute Gasteiger partial charge is 0.493 e. The molecule has 0 aliphatic carbocycles. The molecule has 0 bridgehead atoms. The van der Waals surface area contributed by atoms with Gasteiger partial charge in [0.05, 0.1) is 20.6 Å². The molecule has 0 aliphatic heterocycles. The van der Waals surface area contributed by atoms with Crippen molar-refractivity contribution in [1.82, 2.24) is 10.6 Å². The molecule has 1 aromatic carbocycles. The number of benzene rings is 1. The lowest BCUT2D eigenvalue weighted by atomic mass is 10.2. The highest BCUT2D eigenvalue weighted by molar-refractivity contribution is 9.10. The van der Waals surface area contributed by atoms with Crippen molar-refractivity contribution in [2.75, 3.05) is 20.8 Å². The van der Waals surface area contributed by atoms with Crippen molar-refractivity contribution < 1.29 is 24.2 Å². The lowest BCUT2D eigenvalue weighted by Gasteiger charge is -2.12. The van der Waals surface area contributed by atoms with Crippen molar-refractivity contribution >= 4 is 27.9 Å². The molecule has 0 unspecified atom stereocenters. The number of methoxy groups -OCH3 is 2. The Balaban J connectivity index is 2.58. The van der Waals surface area contributed by atoms with E-state index in [1.54, 1.807) is 12.1 Å². The third-order valence-corrected chi connectivity index (χ3v) is 3.35. The fourth-order valence-corrected chi connectivity index (χ4v) is 2.02. The Hall–Kier alpha value is -1.96. The molecule has 0 fully saturated rings. The second kappa shape index (κ2) is 8.35. The number of carboxylic acids is 1. The first-order valence-electron chi connectivity index (χ1n) is 6.11. The van der Waals surface area contributed by atoms with Gasteiger partial charge in [0.25, 0.3) is 0 Å². The average molecular weight is 361 g/mol. The fourth-order valence-electron chi connectivity index (χ4n) is 1.55. The summed E-state index contributed by atoms with van der Waals surface area (Å²) in [6.07, 6.45) is -0.118. The van der Waals surface area contributed by atoms with Gasteiger partial charge in [-0.2, -0.15) is 0 Å². The number of hydrogen-bond donors (Lipinski definition) is 3. The number of urea groups is 1. The van der Waals surface area contributed by atoms with Crippen LogP contribution in [0.15, 0.2) is 16.6 Å². The standard InChI is InChI=1S/C13H17BrN2O5/c1-20-10-5-8(9(14)6-11(10)21-2)7-16-13(19)15-4-3-12(17)18/h5-6H,3-4,7H2,1-2H3,(H,17,18)(H2,15,16,19). The first-order valence-corrected chi connectivity index (χ1v) is 6.91. The Bertz CT molecular complexity index is 522. The van der Waals surface area contributed by atoms with Gasteiger partial charge < -0.3 is 25.2 Å².